The van der Waals surface area contributed by atoms with Crippen molar-refractivity contribution in [2.24, 2.45) is 11.1 Å². The Morgan fingerprint density at radius 2 is 2.00 bits per heavy atom. The van der Waals surface area contributed by atoms with Crippen LogP contribution in [-0.2, 0) is 0 Å². The van der Waals surface area contributed by atoms with Gasteiger partial charge in [0.2, 0.25) is 0 Å². The Morgan fingerprint density at radius 1 is 1.29 bits per heavy atom. The van der Waals surface area contributed by atoms with Gasteiger partial charge in [-0.1, -0.05) is 24.6 Å². The zero-order valence-electron chi connectivity index (χ0n) is 10.9. The van der Waals surface area contributed by atoms with Crippen molar-refractivity contribution >= 4 is 0 Å². The lowest BCUT2D eigenvalue weighted by molar-refractivity contribution is -0.00895. The summed E-state index contributed by atoms with van der Waals surface area (Å²) in [5.74, 6) is 0.991. The summed E-state index contributed by atoms with van der Waals surface area (Å²) in [5, 5.41) is 0. The Kier molecular flexibility index (Phi) is 2.13. The van der Waals surface area contributed by atoms with Gasteiger partial charge in [0.1, 0.15) is 11.4 Å². The van der Waals surface area contributed by atoms with Gasteiger partial charge in [-0.05, 0) is 32.8 Å². The van der Waals surface area contributed by atoms with Crippen LogP contribution in [0, 0.1) is 12.3 Å². The first-order valence-corrected chi connectivity index (χ1v) is 6.49. The normalized spacial score (nSPS) is 33.8. The van der Waals surface area contributed by atoms with E-state index in [4.69, 9.17) is 10.5 Å². The molecule has 1 aromatic rings. The van der Waals surface area contributed by atoms with Gasteiger partial charge in [0.05, 0.1) is 0 Å². The smallest absolute Gasteiger partial charge is 0.124 e. The average molecular weight is 231 g/mol. The molecular formula is C15H21NO. The van der Waals surface area contributed by atoms with E-state index in [1.165, 1.54) is 24.0 Å². The number of fused-ring (bicyclic) bond motifs is 1. The third-order valence-electron chi connectivity index (χ3n) is 4.79. The summed E-state index contributed by atoms with van der Waals surface area (Å²) in [6.07, 6.45) is 3.45. The SMILES string of the molecule is Cc1ccc2c(c1)[C@@H](N)CC(C)(C1(C)CC1)O2. The minimum atomic E-state index is -0.0886. The highest BCUT2D eigenvalue weighted by atomic mass is 16.5. The van der Waals surface area contributed by atoms with Crippen molar-refractivity contribution in [2.45, 2.75) is 51.7 Å². The number of hydrogen-bond donors (Lipinski definition) is 1. The van der Waals surface area contributed by atoms with Gasteiger partial charge in [-0.3, -0.25) is 0 Å². The summed E-state index contributed by atoms with van der Waals surface area (Å²) in [6, 6.07) is 6.45. The standard InChI is InChI=1S/C15H21NO/c1-10-4-5-13-11(8-10)12(16)9-15(3,17-13)14(2)6-7-14/h4-5,8,12H,6-7,9,16H2,1-3H3/t12-,15?/m0/s1. The van der Waals surface area contributed by atoms with E-state index in [9.17, 15) is 0 Å². The van der Waals surface area contributed by atoms with Crippen molar-refractivity contribution in [1.29, 1.82) is 0 Å². The van der Waals surface area contributed by atoms with Gasteiger partial charge in [0.15, 0.2) is 0 Å². The van der Waals surface area contributed by atoms with Crippen LogP contribution >= 0.6 is 0 Å². The topological polar surface area (TPSA) is 35.2 Å². The molecule has 1 aliphatic carbocycles. The van der Waals surface area contributed by atoms with Crippen molar-refractivity contribution in [3.05, 3.63) is 29.3 Å². The Morgan fingerprint density at radius 3 is 2.65 bits per heavy atom. The number of benzene rings is 1. The van der Waals surface area contributed by atoms with Crippen LogP contribution in [0.5, 0.6) is 5.75 Å². The van der Waals surface area contributed by atoms with Gasteiger partial charge in [-0.2, -0.15) is 0 Å². The van der Waals surface area contributed by atoms with Gasteiger partial charge in [-0.15, -0.1) is 0 Å². The monoisotopic (exact) mass is 231 g/mol. The van der Waals surface area contributed by atoms with Crippen molar-refractivity contribution < 1.29 is 4.74 Å². The molecule has 1 aromatic carbocycles. The Bertz CT molecular complexity index is 464. The molecular weight excluding hydrogens is 210 g/mol. The van der Waals surface area contributed by atoms with Gasteiger partial charge in [-0.25, -0.2) is 0 Å². The van der Waals surface area contributed by atoms with Crippen LogP contribution in [0.4, 0.5) is 0 Å². The fourth-order valence-corrected chi connectivity index (χ4v) is 2.95. The Balaban J connectivity index is 2.01. The van der Waals surface area contributed by atoms with E-state index in [1.54, 1.807) is 0 Å². The van der Waals surface area contributed by atoms with Crippen LogP contribution in [-0.4, -0.2) is 5.60 Å². The highest BCUT2D eigenvalue weighted by Crippen LogP contribution is 2.59. The summed E-state index contributed by atoms with van der Waals surface area (Å²) in [6.45, 7) is 6.64. The van der Waals surface area contributed by atoms with Gasteiger partial charge < -0.3 is 10.5 Å². The van der Waals surface area contributed by atoms with Gasteiger partial charge in [0.25, 0.3) is 0 Å². The minimum Gasteiger partial charge on any atom is -0.487 e. The third-order valence-corrected chi connectivity index (χ3v) is 4.79. The zero-order chi connectivity index (χ0) is 12.3. The van der Waals surface area contributed by atoms with Crippen LogP contribution in [0.15, 0.2) is 18.2 Å². The Labute approximate surface area is 103 Å². The summed E-state index contributed by atoms with van der Waals surface area (Å²) >= 11 is 0. The van der Waals surface area contributed by atoms with E-state index >= 15 is 0 Å². The molecule has 17 heavy (non-hydrogen) atoms. The van der Waals surface area contributed by atoms with E-state index in [0.29, 0.717) is 5.41 Å². The summed E-state index contributed by atoms with van der Waals surface area (Å²) < 4.78 is 6.29. The molecule has 2 heteroatoms. The number of aryl methyl sites for hydroxylation is 1. The van der Waals surface area contributed by atoms with Crippen LogP contribution in [0.25, 0.3) is 0 Å². The molecule has 2 nitrogen and oxygen atoms in total. The fraction of sp³-hybridized carbons (Fsp3) is 0.600. The van der Waals surface area contributed by atoms with Gasteiger partial charge in [0, 0.05) is 23.4 Å². The lowest BCUT2D eigenvalue weighted by Gasteiger charge is -2.43. The molecule has 92 valence electrons. The minimum absolute atomic E-state index is 0.0886. The van der Waals surface area contributed by atoms with E-state index in [-0.39, 0.29) is 11.6 Å². The maximum atomic E-state index is 6.34. The lowest BCUT2D eigenvalue weighted by atomic mass is 9.78. The summed E-state index contributed by atoms with van der Waals surface area (Å²) in [7, 11) is 0. The largest absolute Gasteiger partial charge is 0.487 e. The average Bonchev–Trinajstić information content (AvgIpc) is 3.00. The lowest BCUT2D eigenvalue weighted by Crippen LogP contribution is -2.46. The third kappa shape index (κ3) is 1.58. The quantitative estimate of drug-likeness (QED) is 0.804. The number of nitrogens with two attached hydrogens (primary N) is 1. The van der Waals surface area contributed by atoms with Crippen LogP contribution in [0.3, 0.4) is 0 Å². The van der Waals surface area contributed by atoms with E-state index in [1.807, 2.05) is 0 Å². The van der Waals surface area contributed by atoms with Crippen LogP contribution in [0.2, 0.25) is 0 Å². The molecule has 1 fully saturated rings. The molecule has 0 radical (unpaired) electrons. The molecule has 0 saturated heterocycles. The van der Waals surface area contributed by atoms with Crippen molar-refractivity contribution in [2.75, 3.05) is 0 Å². The first-order chi connectivity index (χ1) is 7.94. The Hall–Kier alpha value is -1.02. The number of rotatable bonds is 1. The molecule has 2 N–H and O–H groups in total. The molecule has 0 amide bonds. The summed E-state index contributed by atoms with van der Waals surface area (Å²) in [5.41, 5.74) is 9.00. The molecule has 1 unspecified atom stereocenters. The first-order valence-electron chi connectivity index (χ1n) is 6.49. The van der Waals surface area contributed by atoms with Crippen molar-refractivity contribution in [1.82, 2.24) is 0 Å². The molecule has 1 aliphatic heterocycles. The second kappa shape index (κ2) is 3.26. The van der Waals surface area contributed by atoms with Crippen LogP contribution < -0.4 is 10.5 Å². The van der Waals surface area contributed by atoms with Gasteiger partial charge >= 0.3 is 0 Å². The zero-order valence-corrected chi connectivity index (χ0v) is 10.9. The van der Waals surface area contributed by atoms with E-state index in [2.05, 4.69) is 39.0 Å². The number of hydrogen-bond acceptors (Lipinski definition) is 2. The maximum absolute atomic E-state index is 6.34. The maximum Gasteiger partial charge on any atom is 0.124 e. The molecule has 3 rings (SSSR count). The van der Waals surface area contributed by atoms with Crippen molar-refractivity contribution in [3.63, 3.8) is 0 Å². The highest BCUT2D eigenvalue weighted by Gasteiger charge is 2.57. The molecule has 2 aliphatic rings. The predicted molar refractivity (Wildman–Crippen MR) is 69.1 cm³/mol. The fourth-order valence-electron chi connectivity index (χ4n) is 2.95. The first kappa shape index (κ1) is 11.1. The summed E-state index contributed by atoms with van der Waals surface area (Å²) in [4.78, 5) is 0. The number of ether oxygens (including phenoxy) is 1. The predicted octanol–water partition coefficient (Wildman–Crippen LogP) is 3.34. The second-order valence-corrected chi connectivity index (χ2v) is 6.25. The molecule has 1 saturated carbocycles. The molecule has 2 atom stereocenters. The molecule has 0 spiro atoms. The van der Waals surface area contributed by atoms with Crippen molar-refractivity contribution in [3.8, 4) is 5.75 Å². The highest BCUT2D eigenvalue weighted by molar-refractivity contribution is 5.42. The van der Waals surface area contributed by atoms with Crippen LogP contribution in [0.1, 0.15) is 50.3 Å². The molecule has 1 heterocycles. The molecule has 0 bridgehead atoms. The van der Waals surface area contributed by atoms with E-state index < -0.39 is 0 Å². The van der Waals surface area contributed by atoms with E-state index in [0.717, 1.165) is 12.2 Å². The second-order valence-electron chi connectivity index (χ2n) is 6.25. The molecule has 0 aromatic heterocycles.